The molecule has 0 bridgehead atoms. The molecule has 1 heterocycles. The fourth-order valence-electron chi connectivity index (χ4n) is 4.09. The molecule has 1 fully saturated rings. The molecule has 1 saturated heterocycles. The van der Waals surface area contributed by atoms with E-state index in [4.69, 9.17) is 14.2 Å². The van der Waals surface area contributed by atoms with E-state index in [1.165, 1.54) is 0 Å². The lowest BCUT2D eigenvalue weighted by Gasteiger charge is -2.25. The fraction of sp³-hybridized carbons (Fsp3) is 0.259. The Bertz CT molecular complexity index is 1130. The van der Waals surface area contributed by atoms with E-state index in [9.17, 15) is 9.59 Å². The first kappa shape index (κ1) is 23.2. The van der Waals surface area contributed by atoms with E-state index in [1.807, 2.05) is 29.2 Å². The Morgan fingerprint density at radius 1 is 0.912 bits per heavy atom. The van der Waals surface area contributed by atoms with E-state index in [2.05, 4.69) is 5.32 Å². The van der Waals surface area contributed by atoms with E-state index in [-0.39, 0.29) is 24.5 Å². The van der Waals surface area contributed by atoms with Gasteiger partial charge in [-0.15, -0.1) is 0 Å². The Hall–Kier alpha value is -4.00. The SMILES string of the molecule is COc1ccc(C2CCCN2C(=O)c2ccc(OCC(=O)Nc3cccc(OC)c3)cc2)cc1. The molecule has 0 saturated carbocycles. The van der Waals surface area contributed by atoms with Crippen LogP contribution in [-0.2, 0) is 4.79 Å². The zero-order valence-electron chi connectivity index (χ0n) is 19.3. The third-order valence-corrected chi connectivity index (χ3v) is 5.84. The molecule has 34 heavy (non-hydrogen) atoms. The molecule has 0 aromatic heterocycles. The first-order chi connectivity index (χ1) is 16.6. The number of nitrogens with one attached hydrogen (secondary N) is 1. The van der Waals surface area contributed by atoms with Crippen molar-refractivity contribution in [1.82, 2.24) is 4.90 Å². The monoisotopic (exact) mass is 460 g/mol. The van der Waals surface area contributed by atoms with Crippen molar-refractivity contribution < 1.29 is 23.8 Å². The molecule has 3 aromatic rings. The number of hydrogen-bond donors (Lipinski definition) is 1. The Morgan fingerprint density at radius 2 is 1.62 bits per heavy atom. The van der Waals surface area contributed by atoms with Crippen molar-refractivity contribution in [3.05, 3.63) is 83.9 Å². The summed E-state index contributed by atoms with van der Waals surface area (Å²) in [6.07, 6.45) is 1.90. The molecule has 0 radical (unpaired) electrons. The highest BCUT2D eigenvalue weighted by molar-refractivity contribution is 5.95. The Labute approximate surface area is 199 Å². The van der Waals surface area contributed by atoms with Gasteiger partial charge in [0, 0.05) is 23.9 Å². The largest absolute Gasteiger partial charge is 0.497 e. The minimum absolute atomic E-state index is 0.0133. The van der Waals surface area contributed by atoms with Crippen LogP contribution >= 0.6 is 0 Å². The maximum absolute atomic E-state index is 13.2. The minimum Gasteiger partial charge on any atom is -0.497 e. The first-order valence-corrected chi connectivity index (χ1v) is 11.2. The molecule has 1 N–H and O–H groups in total. The van der Waals surface area contributed by atoms with E-state index in [0.717, 1.165) is 30.7 Å². The molecular formula is C27H28N2O5. The normalized spacial score (nSPS) is 15.0. The number of likely N-dealkylation sites (tertiary alicyclic amines) is 1. The van der Waals surface area contributed by atoms with Gasteiger partial charge in [-0.25, -0.2) is 0 Å². The maximum Gasteiger partial charge on any atom is 0.262 e. The number of rotatable bonds is 8. The van der Waals surface area contributed by atoms with Crippen LogP contribution in [0.4, 0.5) is 5.69 Å². The van der Waals surface area contributed by atoms with Gasteiger partial charge in [0.15, 0.2) is 6.61 Å². The van der Waals surface area contributed by atoms with Crippen LogP contribution in [0.3, 0.4) is 0 Å². The minimum atomic E-state index is -0.284. The molecule has 1 atom stereocenters. The summed E-state index contributed by atoms with van der Waals surface area (Å²) in [7, 11) is 3.21. The Balaban J connectivity index is 1.34. The first-order valence-electron chi connectivity index (χ1n) is 11.2. The van der Waals surface area contributed by atoms with E-state index < -0.39 is 0 Å². The number of methoxy groups -OCH3 is 2. The van der Waals surface area contributed by atoms with Crippen LogP contribution in [0.15, 0.2) is 72.8 Å². The third kappa shape index (κ3) is 5.49. The van der Waals surface area contributed by atoms with Gasteiger partial charge in [-0.3, -0.25) is 9.59 Å². The lowest BCUT2D eigenvalue weighted by molar-refractivity contribution is -0.118. The highest BCUT2D eigenvalue weighted by Gasteiger charge is 2.30. The predicted molar refractivity (Wildman–Crippen MR) is 130 cm³/mol. The highest BCUT2D eigenvalue weighted by Crippen LogP contribution is 2.34. The zero-order chi connectivity index (χ0) is 23.9. The number of carbonyl (C=O) groups is 2. The summed E-state index contributed by atoms with van der Waals surface area (Å²) in [4.78, 5) is 27.3. The number of carbonyl (C=O) groups excluding carboxylic acids is 2. The van der Waals surface area contributed by atoms with Gasteiger partial charge < -0.3 is 24.4 Å². The van der Waals surface area contributed by atoms with Crippen LogP contribution in [0, 0.1) is 0 Å². The standard InChI is InChI=1S/C27H28N2O5/c1-32-22-12-8-19(9-13-22)25-7-4-16-29(25)27(31)20-10-14-23(15-11-20)34-18-26(30)28-21-5-3-6-24(17-21)33-2/h3,5-6,8-15,17,25H,4,7,16,18H2,1-2H3,(H,28,30). The van der Waals surface area contributed by atoms with Crippen LogP contribution in [0.2, 0.25) is 0 Å². The number of hydrogen-bond acceptors (Lipinski definition) is 5. The molecule has 1 aliphatic heterocycles. The molecule has 1 aliphatic rings. The number of benzene rings is 3. The summed E-state index contributed by atoms with van der Waals surface area (Å²) in [6, 6.07) is 21.9. The second-order valence-corrected chi connectivity index (χ2v) is 8.02. The quantitative estimate of drug-likeness (QED) is 0.527. The van der Waals surface area contributed by atoms with Crippen molar-refractivity contribution in [2.75, 3.05) is 32.7 Å². The van der Waals surface area contributed by atoms with Crippen LogP contribution in [-0.4, -0.2) is 44.1 Å². The number of ether oxygens (including phenoxy) is 3. The summed E-state index contributed by atoms with van der Waals surface area (Å²) >= 11 is 0. The van der Waals surface area contributed by atoms with Gasteiger partial charge in [0.2, 0.25) is 0 Å². The Kier molecular flexibility index (Phi) is 7.32. The van der Waals surface area contributed by atoms with Gasteiger partial charge >= 0.3 is 0 Å². The van der Waals surface area contributed by atoms with Crippen LogP contribution < -0.4 is 19.5 Å². The van der Waals surface area contributed by atoms with Gasteiger partial charge in [-0.1, -0.05) is 18.2 Å². The lowest BCUT2D eigenvalue weighted by Crippen LogP contribution is -2.30. The summed E-state index contributed by atoms with van der Waals surface area (Å²) in [6.45, 7) is 0.578. The van der Waals surface area contributed by atoms with Crippen molar-refractivity contribution in [2.24, 2.45) is 0 Å². The van der Waals surface area contributed by atoms with Crippen LogP contribution in [0.5, 0.6) is 17.2 Å². The molecule has 176 valence electrons. The zero-order valence-corrected chi connectivity index (χ0v) is 19.3. The number of amides is 2. The van der Waals surface area contributed by atoms with Gasteiger partial charge in [0.05, 0.1) is 20.3 Å². The predicted octanol–water partition coefficient (Wildman–Crippen LogP) is 4.70. The molecular weight excluding hydrogens is 432 g/mol. The van der Waals surface area contributed by atoms with Crippen molar-refractivity contribution in [2.45, 2.75) is 18.9 Å². The van der Waals surface area contributed by atoms with E-state index in [0.29, 0.717) is 22.7 Å². The van der Waals surface area contributed by atoms with Gasteiger partial charge in [-0.05, 0) is 66.9 Å². The summed E-state index contributed by atoms with van der Waals surface area (Å²) < 4.78 is 16.0. The second kappa shape index (κ2) is 10.7. The number of anilines is 1. The summed E-state index contributed by atoms with van der Waals surface area (Å²) in [5.74, 6) is 1.68. The molecule has 3 aromatic carbocycles. The smallest absolute Gasteiger partial charge is 0.262 e. The summed E-state index contributed by atoms with van der Waals surface area (Å²) in [5, 5.41) is 2.77. The maximum atomic E-state index is 13.2. The van der Waals surface area contributed by atoms with E-state index >= 15 is 0 Å². The average molecular weight is 461 g/mol. The second-order valence-electron chi connectivity index (χ2n) is 8.02. The Morgan fingerprint density at radius 3 is 2.32 bits per heavy atom. The molecule has 7 heteroatoms. The fourth-order valence-corrected chi connectivity index (χ4v) is 4.09. The van der Waals surface area contributed by atoms with Crippen molar-refractivity contribution in [3.63, 3.8) is 0 Å². The molecule has 1 unspecified atom stereocenters. The average Bonchev–Trinajstić information content (AvgIpc) is 3.37. The third-order valence-electron chi connectivity index (χ3n) is 5.84. The van der Waals surface area contributed by atoms with Crippen molar-refractivity contribution in [1.29, 1.82) is 0 Å². The molecule has 7 nitrogen and oxygen atoms in total. The van der Waals surface area contributed by atoms with E-state index in [1.54, 1.807) is 62.8 Å². The molecule has 0 aliphatic carbocycles. The molecule has 2 amide bonds. The number of nitrogens with zero attached hydrogens (tertiary/aromatic N) is 1. The summed E-state index contributed by atoms with van der Waals surface area (Å²) in [5.41, 5.74) is 2.33. The van der Waals surface area contributed by atoms with Crippen LogP contribution in [0.25, 0.3) is 0 Å². The van der Waals surface area contributed by atoms with Gasteiger partial charge in [0.1, 0.15) is 17.2 Å². The van der Waals surface area contributed by atoms with Crippen molar-refractivity contribution >= 4 is 17.5 Å². The topological polar surface area (TPSA) is 77.1 Å². The molecule has 0 spiro atoms. The van der Waals surface area contributed by atoms with Gasteiger partial charge in [-0.2, -0.15) is 0 Å². The van der Waals surface area contributed by atoms with Gasteiger partial charge in [0.25, 0.3) is 11.8 Å². The highest BCUT2D eigenvalue weighted by atomic mass is 16.5. The van der Waals surface area contributed by atoms with Crippen LogP contribution in [0.1, 0.15) is 34.8 Å². The lowest BCUT2D eigenvalue weighted by atomic mass is 10.0. The molecule has 4 rings (SSSR count). The van der Waals surface area contributed by atoms with Crippen molar-refractivity contribution in [3.8, 4) is 17.2 Å².